The van der Waals surface area contributed by atoms with Crippen molar-refractivity contribution in [3.05, 3.63) is 182 Å². The SMILES string of the molecule is CCC(CC(C)=NO[Si](c1ccccc1)(c1ccccc1)c1ccccc1)=NO[Si](c1ccccc1)(c1ccccc1)c1ccccc1. The van der Waals surface area contributed by atoms with Gasteiger partial charge in [0.15, 0.2) is 0 Å². The van der Waals surface area contributed by atoms with E-state index < -0.39 is 16.6 Å². The van der Waals surface area contributed by atoms with Gasteiger partial charge in [-0.05, 0) is 44.5 Å². The maximum atomic E-state index is 6.93. The van der Waals surface area contributed by atoms with Gasteiger partial charge >= 0.3 is 16.6 Å². The van der Waals surface area contributed by atoms with Gasteiger partial charge in [-0.1, -0.05) is 189 Å². The molecule has 0 saturated heterocycles. The van der Waals surface area contributed by atoms with Crippen LogP contribution < -0.4 is 31.1 Å². The topological polar surface area (TPSA) is 43.2 Å². The monoisotopic (exact) mass is 660 g/mol. The first-order chi connectivity index (χ1) is 23.7. The standard InChI is InChI=1S/C42H40N2O2Si2/c1-3-36(44-46-48(40-28-16-7-17-29-40,41-30-18-8-19-31-41)42-32-20-9-21-33-42)34-35(2)43-45-47(37-22-10-4-11-23-37,38-24-12-5-13-25-38)39-26-14-6-15-27-39/h4-33H,3,34H2,1-2H3. The molecular formula is C42H40N2O2Si2. The largest absolute Gasteiger partial charge is 0.438 e. The first-order valence-electron chi connectivity index (χ1n) is 16.5. The number of benzene rings is 6. The van der Waals surface area contributed by atoms with Gasteiger partial charge in [0.25, 0.3) is 0 Å². The third-order valence-corrected chi connectivity index (χ3v) is 16.2. The maximum absolute atomic E-state index is 6.93. The van der Waals surface area contributed by atoms with Crippen molar-refractivity contribution in [1.82, 2.24) is 0 Å². The van der Waals surface area contributed by atoms with Crippen LogP contribution in [0.2, 0.25) is 0 Å². The van der Waals surface area contributed by atoms with Crippen LogP contribution in [0.15, 0.2) is 192 Å². The Morgan fingerprint density at radius 1 is 0.417 bits per heavy atom. The van der Waals surface area contributed by atoms with Crippen molar-refractivity contribution in [2.24, 2.45) is 10.3 Å². The van der Waals surface area contributed by atoms with Gasteiger partial charge in [-0.15, -0.1) is 10.3 Å². The molecular weight excluding hydrogens is 621 g/mol. The van der Waals surface area contributed by atoms with Crippen molar-refractivity contribution in [3.63, 3.8) is 0 Å². The minimum Gasteiger partial charge on any atom is -0.438 e. The first kappa shape index (κ1) is 32.6. The van der Waals surface area contributed by atoms with E-state index in [1.54, 1.807) is 0 Å². The molecule has 0 heterocycles. The fraction of sp³-hybridized carbons (Fsp3) is 0.0952. The van der Waals surface area contributed by atoms with Crippen molar-refractivity contribution in [2.45, 2.75) is 26.7 Å². The Balaban J connectivity index is 1.38. The summed E-state index contributed by atoms with van der Waals surface area (Å²) in [6.45, 7) is 4.13. The summed E-state index contributed by atoms with van der Waals surface area (Å²) >= 11 is 0. The molecule has 0 fully saturated rings. The molecule has 0 saturated carbocycles. The molecule has 6 heteroatoms. The maximum Gasteiger partial charge on any atom is 0.380 e. The molecule has 0 spiro atoms. The Morgan fingerprint density at radius 3 is 0.917 bits per heavy atom. The number of oxime groups is 2. The zero-order chi connectivity index (χ0) is 33.1. The average molecular weight is 661 g/mol. The summed E-state index contributed by atoms with van der Waals surface area (Å²) in [6.07, 6.45) is 1.25. The second kappa shape index (κ2) is 15.5. The van der Waals surface area contributed by atoms with Crippen LogP contribution in [0.4, 0.5) is 0 Å². The van der Waals surface area contributed by atoms with E-state index in [1.807, 2.05) is 43.3 Å². The third kappa shape index (κ3) is 6.86. The summed E-state index contributed by atoms with van der Waals surface area (Å²) in [5.41, 5.74) is 1.75. The van der Waals surface area contributed by atoms with Crippen LogP contribution in [-0.4, -0.2) is 28.1 Å². The second-order valence-corrected chi connectivity index (χ2v) is 18.3. The van der Waals surface area contributed by atoms with Gasteiger partial charge in [0.1, 0.15) is 0 Å². The van der Waals surface area contributed by atoms with E-state index in [-0.39, 0.29) is 0 Å². The molecule has 0 aliphatic carbocycles. The van der Waals surface area contributed by atoms with E-state index >= 15 is 0 Å². The first-order valence-corrected chi connectivity index (χ1v) is 20.3. The summed E-state index contributed by atoms with van der Waals surface area (Å²) in [5.74, 6) is 0. The molecule has 48 heavy (non-hydrogen) atoms. The van der Waals surface area contributed by atoms with Gasteiger partial charge in [0.05, 0.1) is 11.4 Å². The van der Waals surface area contributed by atoms with Gasteiger partial charge in [0, 0.05) is 6.42 Å². The van der Waals surface area contributed by atoms with Crippen molar-refractivity contribution >= 4 is 59.2 Å². The molecule has 0 unspecified atom stereocenters. The summed E-state index contributed by atoms with van der Waals surface area (Å²) in [5, 5.41) is 16.7. The molecule has 6 rings (SSSR count). The highest BCUT2D eigenvalue weighted by Crippen LogP contribution is 2.14. The van der Waals surface area contributed by atoms with E-state index in [0.717, 1.165) is 42.5 Å². The average Bonchev–Trinajstić information content (AvgIpc) is 3.17. The number of rotatable bonds is 13. The Labute approximate surface area is 286 Å². The molecule has 0 radical (unpaired) electrons. The lowest BCUT2D eigenvalue weighted by molar-refractivity contribution is 0.344. The van der Waals surface area contributed by atoms with E-state index in [9.17, 15) is 0 Å². The highest BCUT2D eigenvalue weighted by molar-refractivity contribution is 7.07. The highest BCUT2D eigenvalue weighted by Gasteiger charge is 2.46. The van der Waals surface area contributed by atoms with Crippen LogP contribution in [0.25, 0.3) is 0 Å². The molecule has 0 N–H and O–H groups in total. The number of hydrogen-bond donors (Lipinski definition) is 0. The predicted octanol–water partition coefficient (Wildman–Crippen LogP) is 5.89. The lowest BCUT2D eigenvalue weighted by Gasteiger charge is -2.31. The van der Waals surface area contributed by atoms with Crippen LogP contribution in [0, 0.1) is 0 Å². The predicted molar refractivity (Wildman–Crippen MR) is 206 cm³/mol. The smallest absolute Gasteiger partial charge is 0.380 e. The highest BCUT2D eigenvalue weighted by atomic mass is 28.4. The fourth-order valence-electron chi connectivity index (χ4n) is 6.18. The van der Waals surface area contributed by atoms with E-state index in [1.165, 1.54) is 0 Å². The van der Waals surface area contributed by atoms with Gasteiger partial charge in [-0.2, -0.15) is 0 Å². The van der Waals surface area contributed by atoms with Crippen LogP contribution in [0.5, 0.6) is 0 Å². The summed E-state index contributed by atoms with van der Waals surface area (Å²) < 4.78 is 13.8. The molecule has 4 nitrogen and oxygen atoms in total. The molecule has 0 aliphatic rings. The summed E-state index contributed by atoms with van der Waals surface area (Å²) in [4.78, 5) is 0. The van der Waals surface area contributed by atoms with Crippen LogP contribution in [-0.2, 0) is 9.05 Å². The third-order valence-electron chi connectivity index (χ3n) is 8.60. The van der Waals surface area contributed by atoms with Crippen molar-refractivity contribution < 1.29 is 9.05 Å². The molecule has 0 atom stereocenters. The molecule has 0 amide bonds. The van der Waals surface area contributed by atoms with Gasteiger partial charge in [-0.3, -0.25) is 0 Å². The molecule has 6 aromatic carbocycles. The molecule has 0 aromatic heterocycles. The van der Waals surface area contributed by atoms with E-state index in [0.29, 0.717) is 12.8 Å². The normalized spacial score (nSPS) is 12.4. The molecule has 238 valence electrons. The van der Waals surface area contributed by atoms with Crippen molar-refractivity contribution in [2.75, 3.05) is 0 Å². The zero-order valence-electron chi connectivity index (χ0n) is 27.4. The van der Waals surface area contributed by atoms with Crippen LogP contribution in [0.1, 0.15) is 26.7 Å². The number of hydrogen-bond acceptors (Lipinski definition) is 4. The second-order valence-electron chi connectivity index (χ2n) is 11.8. The fourth-order valence-corrected chi connectivity index (χ4v) is 13.3. The lowest BCUT2D eigenvalue weighted by atomic mass is 10.1. The van der Waals surface area contributed by atoms with Gasteiger partial charge in [-0.25, -0.2) is 0 Å². The minimum absolute atomic E-state index is 0.530. The summed E-state index contributed by atoms with van der Waals surface area (Å²) in [6, 6.07) is 63.1. The molecule has 0 bridgehead atoms. The quantitative estimate of drug-likeness (QED) is 0.0672. The van der Waals surface area contributed by atoms with E-state index in [2.05, 4.69) is 153 Å². The minimum atomic E-state index is -2.99. The summed E-state index contributed by atoms with van der Waals surface area (Å²) in [7, 11) is -5.97. The lowest BCUT2D eigenvalue weighted by Crippen LogP contribution is -2.68. The Bertz CT molecular complexity index is 1730. The zero-order valence-corrected chi connectivity index (χ0v) is 29.4. The van der Waals surface area contributed by atoms with Gasteiger partial charge in [0.2, 0.25) is 0 Å². The Morgan fingerprint density at radius 2 is 0.667 bits per heavy atom. The van der Waals surface area contributed by atoms with Crippen molar-refractivity contribution in [3.8, 4) is 0 Å². The Hall–Kier alpha value is -5.31. The van der Waals surface area contributed by atoms with Crippen molar-refractivity contribution in [1.29, 1.82) is 0 Å². The van der Waals surface area contributed by atoms with Crippen LogP contribution in [0.3, 0.4) is 0 Å². The molecule has 0 aliphatic heterocycles. The van der Waals surface area contributed by atoms with Crippen LogP contribution >= 0.6 is 0 Å². The van der Waals surface area contributed by atoms with Gasteiger partial charge < -0.3 is 9.05 Å². The Kier molecular flexibility index (Phi) is 10.6. The number of nitrogens with zero attached hydrogens (tertiary/aromatic N) is 2. The molecule has 6 aromatic rings. The van der Waals surface area contributed by atoms with E-state index in [4.69, 9.17) is 19.4 Å².